The number of nitrogens with zero attached hydrogens (tertiary/aromatic N) is 2. The molecule has 3 aromatic carbocycles. The van der Waals surface area contributed by atoms with Gasteiger partial charge in [-0.05, 0) is 68.7 Å². The second-order valence-electron chi connectivity index (χ2n) is 10.1. The Balaban J connectivity index is 2.00. The van der Waals surface area contributed by atoms with Crippen LogP contribution in [0.25, 0.3) is 0 Å². The van der Waals surface area contributed by atoms with Gasteiger partial charge in [0, 0.05) is 13.1 Å². The van der Waals surface area contributed by atoms with Gasteiger partial charge in [-0.25, -0.2) is 8.42 Å². The first-order chi connectivity index (χ1) is 19.0. The number of nitrogens with one attached hydrogen (secondary N) is 1. The van der Waals surface area contributed by atoms with E-state index >= 15 is 0 Å². The van der Waals surface area contributed by atoms with Crippen LogP contribution >= 0.6 is 0 Å². The molecule has 1 N–H and O–H groups in total. The third kappa shape index (κ3) is 8.08. The average Bonchev–Trinajstić information content (AvgIpc) is 2.94. The topological polar surface area (TPSA) is 96.0 Å². The molecule has 0 radical (unpaired) electrons. The smallest absolute Gasteiger partial charge is 0.264 e. The first-order valence-electron chi connectivity index (χ1n) is 13.5. The highest BCUT2D eigenvalue weighted by Crippen LogP contribution is 2.27. The van der Waals surface area contributed by atoms with Crippen LogP contribution in [-0.2, 0) is 26.2 Å². The summed E-state index contributed by atoms with van der Waals surface area (Å²) in [5.74, 6) is 0.0308. The molecule has 0 saturated carbocycles. The van der Waals surface area contributed by atoms with Crippen molar-refractivity contribution in [2.75, 3.05) is 24.0 Å². The molecule has 3 aromatic rings. The Morgan fingerprint density at radius 3 is 2.10 bits per heavy atom. The monoisotopic (exact) mass is 565 g/mol. The lowest BCUT2D eigenvalue weighted by Crippen LogP contribution is -2.51. The van der Waals surface area contributed by atoms with Gasteiger partial charge >= 0.3 is 0 Å². The predicted octanol–water partition coefficient (Wildman–Crippen LogP) is 4.78. The van der Waals surface area contributed by atoms with Gasteiger partial charge in [-0.2, -0.15) is 0 Å². The van der Waals surface area contributed by atoms with Crippen LogP contribution in [0.15, 0.2) is 83.8 Å². The number of benzene rings is 3. The fraction of sp³-hybridized carbons (Fsp3) is 0.355. The van der Waals surface area contributed by atoms with Crippen molar-refractivity contribution < 1.29 is 22.7 Å². The number of carbonyl (C=O) groups excluding carboxylic acids is 2. The largest absolute Gasteiger partial charge is 0.494 e. The molecule has 0 aromatic heterocycles. The number of aryl methyl sites for hydroxylation is 1. The van der Waals surface area contributed by atoms with E-state index in [1.165, 1.54) is 17.0 Å². The molecule has 0 fully saturated rings. The summed E-state index contributed by atoms with van der Waals surface area (Å²) < 4.78 is 34.4. The normalized spacial score (nSPS) is 12.1. The molecule has 0 bridgehead atoms. The van der Waals surface area contributed by atoms with Crippen LogP contribution in [0.3, 0.4) is 0 Å². The maximum absolute atomic E-state index is 13.9. The fourth-order valence-corrected chi connectivity index (χ4v) is 5.47. The van der Waals surface area contributed by atoms with Gasteiger partial charge in [-0.15, -0.1) is 0 Å². The Labute approximate surface area is 238 Å². The Morgan fingerprint density at radius 2 is 1.52 bits per heavy atom. The molecule has 1 atom stereocenters. The van der Waals surface area contributed by atoms with E-state index in [0.29, 0.717) is 24.6 Å². The van der Waals surface area contributed by atoms with Gasteiger partial charge < -0.3 is 15.0 Å². The third-order valence-electron chi connectivity index (χ3n) is 6.37. The molecular weight excluding hydrogens is 526 g/mol. The van der Waals surface area contributed by atoms with Gasteiger partial charge in [0.2, 0.25) is 11.8 Å². The summed E-state index contributed by atoms with van der Waals surface area (Å²) in [6.45, 7) is 9.97. The number of amides is 2. The molecule has 214 valence electrons. The summed E-state index contributed by atoms with van der Waals surface area (Å²) in [4.78, 5) is 28.5. The first-order valence-corrected chi connectivity index (χ1v) is 14.9. The summed E-state index contributed by atoms with van der Waals surface area (Å²) in [6, 6.07) is 21.6. The molecule has 0 saturated heterocycles. The quantitative estimate of drug-likeness (QED) is 0.322. The van der Waals surface area contributed by atoms with Crippen LogP contribution in [0.4, 0.5) is 5.69 Å². The van der Waals surface area contributed by atoms with E-state index in [2.05, 4.69) is 5.32 Å². The molecule has 1 unspecified atom stereocenters. The number of ether oxygens (including phenoxy) is 1. The zero-order valence-electron chi connectivity index (χ0n) is 23.8. The van der Waals surface area contributed by atoms with Crippen molar-refractivity contribution in [3.63, 3.8) is 0 Å². The zero-order chi connectivity index (χ0) is 29.3. The van der Waals surface area contributed by atoms with Crippen LogP contribution in [0.2, 0.25) is 0 Å². The van der Waals surface area contributed by atoms with E-state index in [1.54, 1.807) is 43.3 Å². The minimum Gasteiger partial charge on any atom is -0.494 e. The second-order valence-corrected chi connectivity index (χ2v) is 11.9. The molecule has 0 aliphatic rings. The summed E-state index contributed by atoms with van der Waals surface area (Å²) in [7, 11) is -4.12. The van der Waals surface area contributed by atoms with Crippen molar-refractivity contribution in [2.24, 2.45) is 5.92 Å². The van der Waals surface area contributed by atoms with Crippen molar-refractivity contribution in [1.82, 2.24) is 10.2 Å². The van der Waals surface area contributed by atoms with E-state index < -0.39 is 28.5 Å². The summed E-state index contributed by atoms with van der Waals surface area (Å²) >= 11 is 0. The molecule has 3 rings (SSSR count). The molecule has 0 aliphatic heterocycles. The lowest BCUT2D eigenvalue weighted by molar-refractivity contribution is -0.139. The van der Waals surface area contributed by atoms with Gasteiger partial charge in [-0.1, -0.05) is 61.9 Å². The lowest BCUT2D eigenvalue weighted by atomic mass is 10.1. The van der Waals surface area contributed by atoms with Crippen LogP contribution < -0.4 is 14.4 Å². The number of hydrogen-bond donors (Lipinski definition) is 1. The van der Waals surface area contributed by atoms with Crippen LogP contribution in [0.1, 0.15) is 38.8 Å². The fourth-order valence-electron chi connectivity index (χ4n) is 4.06. The van der Waals surface area contributed by atoms with Crippen molar-refractivity contribution in [2.45, 2.75) is 52.1 Å². The average molecular weight is 566 g/mol. The highest BCUT2D eigenvalue weighted by atomic mass is 32.2. The standard InChI is InChI=1S/C31H39N3O5S/c1-6-39-28-16-14-27(15-17-28)34(40(37,38)29-18-12-24(4)13-19-29)22-30(35)33(21-26-10-8-7-9-11-26)25(5)31(36)32-20-23(2)3/h7-19,23,25H,6,20-22H2,1-5H3,(H,32,36). The van der Waals surface area contributed by atoms with Crippen molar-refractivity contribution in [3.8, 4) is 5.75 Å². The van der Waals surface area contributed by atoms with E-state index in [4.69, 9.17) is 4.74 Å². The molecule has 40 heavy (non-hydrogen) atoms. The highest BCUT2D eigenvalue weighted by molar-refractivity contribution is 7.92. The predicted molar refractivity (Wildman–Crippen MR) is 158 cm³/mol. The summed E-state index contributed by atoms with van der Waals surface area (Å²) in [5.41, 5.74) is 2.06. The Hall–Kier alpha value is -3.85. The van der Waals surface area contributed by atoms with Gasteiger partial charge in [0.1, 0.15) is 18.3 Å². The van der Waals surface area contributed by atoms with E-state index in [-0.39, 0.29) is 23.3 Å². The molecule has 2 amide bonds. The Morgan fingerprint density at radius 1 is 0.900 bits per heavy atom. The summed E-state index contributed by atoms with van der Waals surface area (Å²) in [5, 5.41) is 2.89. The number of sulfonamides is 1. The van der Waals surface area contributed by atoms with Crippen molar-refractivity contribution in [1.29, 1.82) is 0 Å². The molecular formula is C31H39N3O5S. The lowest BCUT2D eigenvalue weighted by Gasteiger charge is -2.32. The molecule has 0 heterocycles. The van der Waals surface area contributed by atoms with E-state index in [0.717, 1.165) is 15.4 Å². The molecule has 9 heteroatoms. The van der Waals surface area contributed by atoms with Gasteiger partial charge in [0.05, 0.1) is 17.2 Å². The van der Waals surface area contributed by atoms with E-state index in [9.17, 15) is 18.0 Å². The number of carbonyl (C=O) groups is 2. The molecule has 8 nitrogen and oxygen atoms in total. The van der Waals surface area contributed by atoms with Gasteiger partial charge in [-0.3, -0.25) is 13.9 Å². The van der Waals surface area contributed by atoms with Crippen LogP contribution in [0, 0.1) is 12.8 Å². The van der Waals surface area contributed by atoms with Crippen molar-refractivity contribution >= 4 is 27.5 Å². The van der Waals surface area contributed by atoms with Crippen LogP contribution in [-0.4, -0.2) is 50.9 Å². The van der Waals surface area contributed by atoms with Crippen LogP contribution in [0.5, 0.6) is 5.75 Å². The minimum atomic E-state index is -4.12. The van der Waals surface area contributed by atoms with Gasteiger partial charge in [0.15, 0.2) is 0 Å². The second kappa shape index (κ2) is 14.0. The third-order valence-corrected chi connectivity index (χ3v) is 8.16. The Bertz CT molecular complexity index is 1360. The van der Waals surface area contributed by atoms with E-state index in [1.807, 2.05) is 58.0 Å². The number of anilines is 1. The first kappa shape index (κ1) is 30.7. The van der Waals surface area contributed by atoms with Crippen molar-refractivity contribution in [3.05, 3.63) is 90.0 Å². The maximum Gasteiger partial charge on any atom is 0.264 e. The maximum atomic E-state index is 13.9. The Kier molecular flexibility index (Phi) is 10.7. The highest BCUT2D eigenvalue weighted by Gasteiger charge is 2.32. The zero-order valence-corrected chi connectivity index (χ0v) is 24.6. The summed E-state index contributed by atoms with van der Waals surface area (Å²) in [6.07, 6.45) is 0. The molecule has 0 spiro atoms. The number of hydrogen-bond acceptors (Lipinski definition) is 5. The number of rotatable bonds is 13. The SMILES string of the molecule is CCOc1ccc(N(CC(=O)N(Cc2ccccc2)C(C)C(=O)NCC(C)C)S(=O)(=O)c2ccc(C)cc2)cc1. The minimum absolute atomic E-state index is 0.0668. The van der Waals surface area contributed by atoms with Gasteiger partial charge in [0.25, 0.3) is 10.0 Å². The molecule has 0 aliphatic carbocycles.